The second-order valence-corrected chi connectivity index (χ2v) is 6.44. The Hall–Kier alpha value is -0.610. The number of hydrogen-bond acceptors (Lipinski definition) is 3. The van der Waals surface area contributed by atoms with Gasteiger partial charge in [-0.1, -0.05) is 0 Å². The first-order valence-corrected chi connectivity index (χ1v) is 7.28. The second-order valence-electron chi connectivity index (χ2n) is 6.44. The summed E-state index contributed by atoms with van der Waals surface area (Å²) in [5.74, 6) is 0.756. The lowest BCUT2D eigenvalue weighted by Gasteiger charge is -2.37. The third kappa shape index (κ3) is 3.45. The van der Waals surface area contributed by atoms with Gasteiger partial charge in [-0.15, -0.1) is 0 Å². The van der Waals surface area contributed by atoms with E-state index in [0.29, 0.717) is 18.4 Å². The van der Waals surface area contributed by atoms with Crippen LogP contribution < -0.4 is 11.1 Å². The molecule has 0 aromatic rings. The zero-order valence-corrected chi connectivity index (χ0v) is 11.7. The molecule has 1 atom stereocenters. The quantitative estimate of drug-likeness (QED) is 0.771. The van der Waals surface area contributed by atoms with Crippen molar-refractivity contribution in [1.82, 2.24) is 10.2 Å². The summed E-state index contributed by atoms with van der Waals surface area (Å²) in [6.45, 7) is 7.56. The molecule has 0 aromatic heterocycles. The van der Waals surface area contributed by atoms with E-state index in [9.17, 15) is 4.79 Å². The number of nitrogens with one attached hydrogen (secondary N) is 1. The molecule has 3 N–H and O–H groups in total. The highest BCUT2D eigenvalue weighted by molar-refractivity contribution is 5.77. The third-order valence-electron chi connectivity index (χ3n) is 4.50. The van der Waals surface area contributed by atoms with Gasteiger partial charge in [0.05, 0.1) is 0 Å². The molecule has 2 aliphatic rings. The largest absolute Gasteiger partial charge is 0.356 e. The molecule has 104 valence electrons. The van der Waals surface area contributed by atoms with Crippen LogP contribution in [0.15, 0.2) is 0 Å². The van der Waals surface area contributed by atoms with Crippen molar-refractivity contribution in [2.24, 2.45) is 11.7 Å². The van der Waals surface area contributed by atoms with Gasteiger partial charge < -0.3 is 16.0 Å². The average molecular weight is 253 g/mol. The van der Waals surface area contributed by atoms with Gasteiger partial charge in [-0.25, -0.2) is 0 Å². The SMILES string of the molecule is CC(C)N1CCC(CNC(=O)CC2(N)CCC2)C1. The van der Waals surface area contributed by atoms with Gasteiger partial charge in [0.25, 0.3) is 0 Å². The molecule has 1 heterocycles. The molecule has 4 heteroatoms. The highest BCUT2D eigenvalue weighted by atomic mass is 16.1. The van der Waals surface area contributed by atoms with E-state index in [1.807, 2.05) is 0 Å². The molecule has 1 saturated carbocycles. The minimum Gasteiger partial charge on any atom is -0.356 e. The number of nitrogens with two attached hydrogens (primary N) is 1. The van der Waals surface area contributed by atoms with Gasteiger partial charge in [-0.3, -0.25) is 4.79 Å². The molecule has 0 bridgehead atoms. The minimum atomic E-state index is -0.191. The van der Waals surface area contributed by atoms with Gasteiger partial charge in [0.1, 0.15) is 0 Å². The summed E-state index contributed by atoms with van der Waals surface area (Å²) in [6, 6.07) is 0.619. The van der Waals surface area contributed by atoms with Crippen molar-refractivity contribution in [2.45, 2.75) is 57.5 Å². The summed E-state index contributed by atoms with van der Waals surface area (Å²) in [6.07, 6.45) is 4.89. The molecule has 1 aliphatic carbocycles. The van der Waals surface area contributed by atoms with Crippen LogP contribution in [0.1, 0.15) is 46.0 Å². The zero-order valence-electron chi connectivity index (χ0n) is 11.7. The van der Waals surface area contributed by atoms with Gasteiger partial charge >= 0.3 is 0 Å². The van der Waals surface area contributed by atoms with E-state index in [1.54, 1.807) is 0 Å². The summed E-state index contributed by atoms with van der Waals surface area (Å²) in [5, 5.41) is 3.06. The maximum Gasteiger partial charge on any atom is 0.221 e. The van der Waals surface area contributed by atoms with Gasteiger partial charge in [-0.05, 0) is 52.0 Å². The lowest BCUT2D eigenvalue weighted by molar-refractivity contribution is -0.123. The summed E-state index contributed by atoms with van der Waals surface area (Å²) < 4.78 is 0. The fraction of sp³-hybridized carbons (Fsp3) is 0.929. The van der Waals surface area contributed by atoms with E-state index in [0.717, 1.165) is 25.9 Å². The molecule has 18 heavy (non-hydrogen) atoms. The Kier molecular flexibility index (Phi) is 4.28. The highest BCUT2D eigenvalue weighted by Gasteiger charge is 2.34. The van der Waals surface area contributed by atoms with Crippen LogP contribution >= 0.6 is 0 Å². The number of likely N-dealkylation sites (tertiary alicyclic amines) is 1. The third-order valence-corrected chi connectivity index (χ3v) is 4.50. The van der Waals surface area contributed by atoms with Crippen molar-refractivity contribution >= 4 is 5.91 Å². The minimum absolute atomic E-state index is 0.139. The molecule has 4 nitrogen and oxygen atoms in total. The molecular formula is C14H27N3O. The van der Waals surface area contributed by atoms with E-state index in [-0.39, 0.29) is 11.4 Å². The van der Waals surface area contributed by atoms with Crippen LogP contribution in [0.5, 0.6) is 0 Å². The number of amides is 1. The predicted molar refractivity (Wildman–Crippen MR) is 73.2 cm³/mol. The molecule has 0 spiro atoms. The Morgan fingerprint density at radius 3 is 2.72 bits per heavy atom. The van der Waals surface area contributed by atoms with E-state index in [1.165, 1.54) is 19.4 Å². The Labute approximate surface area is 110 Å². The molecule has 2 rings (SSSR count). The fourth-order valence-electron chi connectivity index (χ4n) is 2.95. The molecule has 1 unspecified atom stereocenters. The van der Waals surface area contributed by atoms with Crippen LogP contribution in [0.2, 0.25) is 0 Å². The first kappa shape index (κ1) is 13.8. The van der Waals surface area contributed by atoms with Crippen molar-refractivity contribution in [3.8, 4) is 0 Å². The highest BCUT2D eigenvalue weighted by Crippen LogP contribution is 2.31. The number of carbonyl (C=O) groups excluding carboxylic acids is 1. The van der Waals surface area contributed by atoms with E-state index < -0.39 is 0 Å². The van der Waals surface area contributed by atoms with Crippen molar-refractivity contribution in [2.75, 3.05) is 19.6 Å². The van der Waals surface area contributed by atoms with E-state index >= 15 is 0 Å². The molecule has 1 amide bonds. The fourth-order valence-corrected chi connectivity index (χ4v) is 2.95. The van der Waals surface area contributed by atoms with E-state index in [2.05, 4.69) is 24.1 Å². The molecule has 1 aliphatic heterocycles. The van der Waals surface area contributed by atoms with Crippen LogP contribution in [0.4, 0.5) is 0 Å². The lowest BCUT2D eigenvalue weighted by atomic mass is 9.75. The number of hydrogen-bond donors (Lipinski definition) is 2. The molecule has 0 radical (unpaired) electrons. The summed E-state index contributed by atoms with van der Waals surface area (Å²) in [4.78, 5) is 14.3. The Balaban J connectivity index is 1.64. The van der Waals surface area contributed by atoms with Crippen LogP contribution in [0.25, 0.3) is 0 Å². The maximum absolute atomic E-state index is 11.8. The second kappa shape index (κ2) is 5.57. The van der Waals surface area contributed by atoms with Crippen molar-refractivity contribution in [1.29, 1.82) is 0 Å². The first-order valence-electron chi connectivity index (χ1n) is 7.28. The molecule has 2 fully saturated rings. The first-order chi connectivity index (χ1) is 8.48. The number of rotatable bonds is 5. The van der Waals surface area contributed by atoms with Crippen molar-refractivity contribution < 1.29 is 4.79 Å². The maximum atomic E-state index is 11.8. The van der Waals surface area contributed by atoms with Crippen LogP contribution in [0, 0.1) is 5.92 Å². The van der Waals surface area contributed by atoms with Gasteiger partial charge in [-0.2, -0.15) is 0 Å². The average Bonchev–Trinajstić information content (AvgIpc) is 2.73. The zero-order chi connectivity index (χ0) is 13.2. The summed E-state index contributed by atoms with van der Waals surface area (Å²) in [5.41, 5.74) is 5.89. The van der Waals surface area contributed by atoms with Gasteiger partial charge in [0.2, 0.25) is 5.91 Å². The standard InChI is InChI=1S/C14H27N3O/c1-11(2)17-7-4-12(10-17)9-16-13(18)8-14(15)5-3-6-14/h11-12H,3-10,15H2,1-2H3,(H,16,18). The number of nitrogens with zero attached hydrogens (tertiary/aromatic N) is 1. The van der Waals surface area contributed by atoms with Crippen molar-refractivity contribution in [3.63, 3.8) is 0 Å². The predicted octanol–water partition coefficient (Wildman–Crippen LogP) is 1.10. The van der Waals surface area contributed by atoms with Gasteiger partial charge in [0, 0.05) is 31.1 Å². The Morgan fingerprint density at radius 2 is 2.22 bits per heavy atom. The summed E-state index contributed by atoms with van der Waals surface area (Å²) >= 11 is 0. The number of carbonyl (C=O) groups is 1. The topological polar surface area (TPSA) is 58.4 Å². The Bertz CT molecular complexity index is 299. The monoisotopic (exact) mass is 253 g/mol. The van der Waals surface area contributed by atoms with Gasteiger partial charge in [0.15, 0.2) is 0 Å². The Morgan fingerprint density at radius 1 is 1.50 bits per heavy atom. The van der Waals surface area contributed by atoms with Crippen LogP contribution in [-0.4, -0.2) is 42.0 Å². The summed E-state index contributed by atoms with van der Waals surface area (Å²) in [7, 11) is 0. The van der Waals surface area contributed by atoms with E-state index in [4.69, 9.17) is 5.73 Å². The molecule has 1 saturated heterocycles. The molecule has 0 aromatic carbocycles. The van der Waals surface area contributed by atoms with Crippen LogP contribution in [0.3, 0.4) is 0 Å². The normalized spacial score (nSPS) is 27.2. The molecular weight excluding hydrogens is 226 g/mol. The van der Waals surface area contributed by atoms with Crippen LogP contribution in [-0.2, 0) is 4.79 Å². The van der Waals surface area contributed by atoms with Crippen molar-refractivity contribution in [3.05, 3.63) is 0 Å². The lowest BCUT2D eigenvalue weighted by Crippen LogP contribution is -2.50. The smallest absolute Gasteiger partial charge is 0.221 e.